The molecule has 4 aromatic carbocycles. The first-order valence-electron chi connectivity index (χ1n) is 11.3. The van der Waals surface area contributed by atoms with Crippen molar-refractivity contribution in [1.29, 1.82) is 0 Å². The van der Waals surface area contributed by atoms with E-state index in [1.807, 2.05) is 29.2 Å². The molecule has 0 atom stereocenters. The van der Waals surface area contributed by atoms with Gasteiger partial charge in [0.2, 0.25) is 0 Å². The van der Waals surface area contributed by atoms with Gasteiger partial charge in [-0.1, -0.05) is 66.7 Å². The minimum atomic E-state index is 0.0321. The van der Waals surface area contributed by atoms with Crippen molar-refractivity contribution in [3.05, 3.63) is 126 Å². The third-order valence-electron chi connectivity index (χ3n) is 6.67. The lowest BCUT2D eigenvalue weighted by Gasteiger charge is -2.23. The zero-order chi connectivity index (χ0) is 22.4. The van der Waals surface area contributed by atoms with Crippen LogP contribution in [0.3, 0.4) is 0 Å². The number of hydrogen-bond donors (Lipinski definition) is 0. The van der Waals surface area contributed by atoms with E-state index in [0.29, 0.717) is 12.1 Å². The van der Waals surface area contributed by atoms with E-state index in [2.05, 4.69) is 90.5 Å². The molecular weight excluding hydrogens is 404 g/mol. The lowest BCUT2D eigenvalue weighted by atomic mass is 9.94. The molecule has 1 aromatic heterocycles. The van der Waals surface area contributed by atoms with Gasteiger partial charge in [-0.05, 0) is 70.3 Å². The Hall–Kier alpha value is -4.11. The van der Waals surface area contributed by atoms with Crippen LogP contribution in [0.25, 0.3) is 21.9 Å². The third kappa shape index (κ3) is 3.33. The molecule has 0 spiro atoms. The summed E-state index contributed by atoms with van der Waals surface area (Å²) in [5.74, 6) is 0.0321. The Morgan fingerprint density at radius 2 is 1.58 bits per heavy atom. The van der Waals surface area contributed by atoms with Crippen molar-refractivity contribution in [3.63, 3.8) is 0 Å². The number of para-hydroxylation sites is 1. The molecular formula is C30H24N2O. The highest BCUT2D eigenvalue weighted by Crippen LogP contribution is 2.33. The molecule has 0 aliphatic carbocycles. The number of amides is 1. The molecule has 5 aromatic rings. The van der Waals surface area contributed by atoms with Crippen LogP contribution in [0.1, 0.15) is 27.2 Å². The summed E-state index contributed by atoms with van der Waals surface area (Å²) in [4.78, 5) is 15.7. The quantitative estimate of drug-likeness (QED) is 0.303. The molecule has 33 heavy (non-hydrogen) atoms. The van der Waals surface area contributed by atoms with Gasteiger partial charge in [0.25, 0.3) is 5.91 Å². The average Bonchev–Trinajstić information content (AvgIpc) is 3.22. The van der Waals surface area contributed by atoms with Crippen molar-refractivity contribution < 1.29 is 4.79 Å². The Kier molecular flexibility index (Phi) is 4.62. The van der Waals surface area contributed by atoms with Crippen LogP contribution >= 0.6 is 0 Å². The number of anilines is 1. The SMILES string of the molecule is Cc1cc(C(=O)N2Cc3cccn3Cc3ccccc32)ccc1-c1cccc2ccccc12. The predicted octanol–water partition coefficient (Wildman–Crippen LogP) is 6.83. The minimum absolute atomic E-state index is 0.0321. The Labute approximate surface area is 193 Å². The van der Waals surface area contributed by atoms with Crippen molar-refractivity contribution in [2.24, 2.45) is 0 Å². The van der Waals surface area contributed by atoms with Crippen LogP contribution in [0, 0.1) is 6.92 Å². The Morgan fingerprint density at radius 1 is 0.758 bits per heavy atom. The van der Waals surface area contributed by atoms with Gasteiger partial charge in [-0.25, -0.2) is 0 Å². The molecule has 0 saturated heterocycles. The molecule has 0 N–H and O–H groups in total. The molecule has 1 aliphatic rings. The molecule has 0 saturated carbocycles. The maximum absolute atomic E-state index is 13.8. The second-order valence-corrected chi connectivity index (χ2v) is 8.70. The second-order valence-electron chi connectivity index (χ2n) is 8.70. The molecule has 2 heterocycles. The normalized spacial score (nSPS) is 12.8. The monoisotopic (exact) mass is 428 g/mol. The lowest BCUT2D eigenvalue weighted by Crippen LogP contribution is -2.30. The van der Waals surface area contributed by atoms with E-state index in [9.17, 15) is 4.79 Å². The van der Waals surface area contributed by atoms with E-state index in [-0.39, 0.29) is 5.91 Å². The Bertz CT molecular complexity index is 1510. The predicted molar refractivity (Wildman–Crippen MR) is 135 cm³/mol. The molecule has 6 rings (SSSR count). The van der Waals surface area contributed by atoms with E-state index in [1.165, 1.54) is 16.3 Å². The number of nitrogens with zero attached hydrogens (tertiary/aromatic N) is 2. The standard InChI is InChI=1S/C30H24N2O/c1-21-18-23(15-16-26(21)28-13-6-10-22-8-2-4-12-27(22)28)30(33)32-20-25-11-7-17-31(25)19-24-9-3-5-14-29(24)32/h2-18H,19-20H2,1H3. The summed E-state index contributed by atoms with van der Waals surface area (Å²) in [7, 11) is 0. The van der Waals surface area contributed by atoms with Gasteiger partial charge in [-0.15, -0.1) is 0 Å². The van der Waals surface area contributed by atoms with Gasteiger partial charge in [-0.2, -0.15) is 0 Å². The van der Waals surface area contributed by atoms with Gasteiger partial charge in [0.15, 0.2) is 0 Å². The number of aryl methyl sites for hydroxylation is 1. The third-order valence-corrected chi connectivity index (χ3v) is 6.67. The number of carbonyl (C=O) groups is 1. The summed E-state index contributed by atoms with van der Waals surface area (Å²) in [6, 6.07) is 33.3. The Morgan fingerprint density at radius 3 is 2.48 bits per heavy atom. The molecule has 3 heteroatoms. The first-order valence-corrected chi connectivity index (χ1v) is 11.3. The Balaban J connectivity index is 1.41. The van der Waals surface area contributed by atoms with Gasteiger partial charge in [0, 0.05) is 29.7 Å². The fourth-order valence-corrected chi connectivity index (χ4v) is 4.98. The molecule has 3 nitrogen and oxygen atoms in total. The smallest absolute Gasteiger partial charge is 0.258 e. The van der Waals surface area contributed by atoms with Crippen molar-refractivity contribution in [2.45, 2.75) is 20.0 Å². The molecule has 160 valence electrons. The number of aromatic nitrogens is 1. The number of fused-ring (bicyclic) bond motifs is 3. The maximum Gasteiger partial charge on any atom is 0.258 e. The summed E-state index contributed by atoms with van der Waals surface area (Å²) in [6.07, 6.45) is 2.09. The molecule has 0 bridgehead atoms. The summed E-state index contributed by atoms with van der Waals surface area (Å²) in [6.45, 7) is 3.43. The minimum Gasteiger partial charge on any atom is -0.345 e. The summed E-state index contributed by atoms with van der Waals surface area (Å²) in [5.41, 5.74) is 7.46. The molecule has 0 radical (unpaired) electrons. The average molecular weight is 429 g/mol. The molecule has 0 fully saturated rings. The summed E-state index contributed by atoms with van der Waals surface area (Å²) in [5, 5.41) is 2.45. The van der Waals surface area contributed by atoms with Crippen molar-refractivity contribution >= 4 is 22.4 Å². The van der Waals surface area contributed by atoms with E-state index >= 15 is 0 Å². The van der Waals surface area contributed by atoms with Crippen LogP contribution < -0.4 is 4.90 Å². The van der Waals surface area contributed by atoms with Gasteiger partial charge in [-0.3, -0.25) is 4.79 Å². The number of carbonyl (C=O) groups excluding carboxylic acids is 1. The van der Waals surface area contributed by atoms with Crippen molar-refractivity contribution in [3.8, 4) is 11.1 Å². The highest BCUT2D eigenvalue weighted by Gasteiger charge is 2.25. The van der Waals surface area contributed by atoms with E-state index in [1.54, 1.807) is 0 Å². The van der Waals surface area contributed by atoms with Crippen LogP contribution in [0.5, 0.6) is 0 Å². The highest BCUT2D eigenvalue weighted by atomic mass is 16.2. The summed E-state index contributed by atoms with van der Waals surface area (Å²) >= 11 is 0. The van der Waals surface area contributed by atoms with Crippen molar-refractivity contribution in [2.75, 3.05) is 4.90 Å². The fraction of sp³-hybridized carbons (Fsp3) is 0.100. The highest BCUT2D eigenvalue weighted by molar-refractivity contribution is 6.07. The van der Waals surface area contributed by atoms with Crippen LogP contribution in [0.4, 0.5) is 5.69 Å². The van der Waals surface area contributed by atoms with Crippen molar-refractivity contribution in [1.82, 2.24) is 4.57 Å². The molecule has 0 unspecified atom stereocenters. The van der Waals surface area contributed by atoms with Crippen LogP contribution in [-0.2, 0) is 13.1 Å². The molecule has 1 amide bonds. The number of rotatable bonds is 2. The fourth-order valence-electron chi connectivity index (χ4n) is 4.98. The first-order chi connectivity index (χ1) is 16.2. The second kappa shape index (κ2) is 7.79. The topological polar surface area (TPSA) is 25.2 Å². The van der Waals surface area contributed by atoms with E-state index in [4.69, 9.17) is 0 Å². The van der Waals surface area contributed by atoms with Crippen LogP contribution in [0.15, 0.2) is 103 Å². The van der Waals surface area contributed by atoms with Crippen LogP contribution in [0.2, 0.25) is 0 Å². The zero-order valence-electron chi connectivity index (χ0n) is 18.5. The van der Waals surface area contributed by atoms with Gasteiger partial charge >= 0.3 is 0 Å². The van der Waals surface area contributed by atoms with E-state index < -0.39 is 0 Å². The van der Waals surface area contributed by atoms with Gasteiger partial charge in [0.1, 0.15) is 0 Å². The zero-order valence-corrected chi connectivity index (χ0v) is 18.5. The number of hydrogen-bond acceptors (Lipinski definition) is 1. The lowest BCUT2D eigenvalue weighted by molar-refractivity contribution is 0.0985. The van der Waals surface area contributed by atoms with Gasteiger partial charge in [0.05, 0.1) is 6.54 Å². The van der Waals surface area contributed by atoms with Gasteiger partial charge < -0.3 is 9.47 Å². The molecule has 1 aliphatic heterocycles. The number of benzene rings is 4. The summed E-state index contributed by atoms with van der Waals surface area (Å²) < 4.78 is 2.22. The first kappa shape index (κ1) is 19.6. The largest absolute Gasteiger partial charge is 0.345 e. The maximum atomic E-state index is 13.8. The van der Waals surface area contributed by atoms with E-state index in [0.717, 1.165) is 34.6 Å². The van der Waals surface area contributed by atoms with Crippen LogP contribution in [-0.4, -0.2) is 10.5 Å².